The first-order valence-electron chi connectivity index (χ1n) is 4.45. The molecular weight excluding hydrogens is 188 g/mol. The van der Waals surface area contributed by atoms with E-state index in [4.69, 9.17) is 15.3 Å². The minimum atomic E-state index is 0.288. The minimum Gasteiger partial charge on any atom is -0.465 e. The third-order valence-electron chi connectivity index (χ3n) is 1.89. The highest BCUT2D eigenvalue weighted by atomic mass is 16.5. The van der Waals surface area contributed by atoms with E-state index in [2.05, 4.69) is 18.7 Å². The maximum Gasteiger partial charge on any atom is 0.131 e. The molecule has 0 amide bonds. The molecule has 0 aliphatic carbocycles. The number of ether oxygens (including phenoxy) is 1. The van der Waals surface area contributed by atoms with E-state index < -0.39 is 0 Å². The van der Waals surface area contributed by atoms with Gasteiger partial charge in [0.1, 0.15) is 5.75 Å². The summed E-state index contributed by atoms with van der Waals surface area (Å²) in [6, 6.07) is 9.50. The fourth-order valence-corrected chi connectivity index (χ4v) is 1.23. The van der Waals surface area contributed by atoms with Crippen molar-refractivity contribution in [3.63, 3.8) is 0 Å². The van der Waals surface area contributed by atoms with Crippen molar-refractivity contribution in [2.75, 3.05) is 0 Å². The highest BCUT2D eigenvalue weighted by Crippen LogP contribution is 2.21. The van der Waals surface area contributed by atoms with Crippen molar-refractivity contribution < 1.29 is 4.74 Å². The number of nitrogens with zero attached hydrogens (tertiary/aromatic N) is 2. The third-order valence-corrected chi connectivity index (χ3v) is 1.89. The number of benzene rings is 1. The van der Waals surface area contributed by atoms with E-state index in [1.807, 2.05) is 6.07 Å². The number of hydrogen-bond donors (Lipinski definition) is 0. The topological polar surface area (TPSA) is 56.8 Å². The molecule has 0 atom stereocenters. The van der Waals surface area contributed by atoms with Gasteiger partial charge in [-0.2, -0.15) is 10.5 Å². The zero-order chi connectivity index (χ0) is 11.1. The van der Waals surface area contributed by atoms with Crippen molar-refractivity contribution in [1.82, 2.24) is 0 Å². The summed E-state index contributed by atoms with van der Waals surface area (Å²) in [4.78, 5) is 0. The van der Waals surface area contributed by atoms with Gasteiger partial charge in [0.15, 0.2) is 0 Å². The minimum absolute atomic E-state index is 0.288. The molecule has 0 N–H and O–H groups in total. The van der Waals surface area contributed by atoms with Crippen LogP contribution in [0.25, 0.3) is 0 Å². The first kappa shape index (κ1) is 10.8. The lowest BCUT2D eigenvalue weighted by Crippen LogP contribution is -1.92. The Kier molecular flexibility index (Phi) is 3.94. The molecular formula is C12H10N2O. The van der Waals surface area contributed by atoms with Gasteiger partial charge in [0, 0.05) is 5.56 Å². The molecule has 0 aromatic heterocycles. The number of rotatable bonds is 4. The van der Waals surface area contributed by atoms with Gasteiger partial charge in [-0.1, -0.05) is 18.7 Å². The first-order chi connectivity index (χ1) is 7.31. The molecule has 0 unspecified atom stereocenters. The second kappa shape index (κ2) is 5.47. The van der Waals surface area contributed by atoms with Crippen molar-refractivity contribution >= 4 is 0 Å². The summed E-state index contributed by atoms with van der Waals surface area (Å²) in [7, 11) is 0. The molecule has 0 heterocycles. The summed E-state index contributed by atoms with van der Waals surface area (Å²) in [5, 5.41) is 17.2. The zero-order valence-electron chi connectivity index (χ0n) is 8.23. The highest BCUT2D eigenvalue weighted by molar-refractivity contribution is 5.40. The van der Waals surface area contributed by atoms with Gasteiger partial charge in [-0.15, -0.1) is 0 Å². The molecule has 0 spiro atoms. The molecule has 0 saturated heterocycles. The normalized spacial score (nSPS) is 8.67. The van der Waals surface area contributed by atoms with Crippen LogP contribution in [0.1, 0.15) is 11.1 Å². The van der Waals surface area contributed by atoms with Crippen LogP contribution in [0.3, 0.4) is 0 Å². The molecule has 0 radical (unpaired) electrons. The molecule has 0 aliphatic heterocycles. The largest absolute Gasteiger partial charge is 0.465 e. The monoisotopic (exact) mass is 198 g/mol. The molecule has 3 heteroatoms. The van der Waals surface area contributed by atoms with Gasteiger partial charge in [0.2, 0.25) is 0 Å². The Morgan fingerprint density at radius 1 is 1.27 bits per heavy atom. The van der Waals surface area contributed by atoms with Gasteiger partial charge < -0.3 is 4.74 Å². The molecule has 1 aromatic rings. The van der Waals surface area contributed by atoms with E-state index in [0.717, 1.165) is 11.1 Å². The predicted octanol–water partition coefficient (Wildman–Crippen LogP) is 2.34. The van der Waals surface area contributed by atoms with Crippen LogP contribution >= 0.6 is 0 Å². The van der Waals surface area contributed by atoms with Crippen LogP contribution in [0.15, 0.2) is 31.0 Å². The van der Waals surface area contributed by atoms with Gasteiger partial charge >= 0.3 is 0 Å². The second-order valence-corrected chi connectivity index (χ2v) is 2.90. The second-order valence-electron chi connectivity index (χ2n) is 2.90. The number of hydrogen-bond acceptors (Lipinski definition) is 3. The first-order valence-corrected chi connectivity index (χ1v) is 4.45. The van der Waals surface area contributed by atoms with Crippen molar-refractivity contribution in [2.24, 2.45) is 0 Å². The lowest BCUT2D eigenvalue weighted by atomic mass is 10.1. The van der Waals surface area contributed by atoms with E-state index in [-0.39, 0.29) is 6.42 Å². The van der Waals surface area contributed by atoms with Crippen LogP contribution in [-0.4, -0.2) is 0 Å². The Morgan fingerprint density at radius 3 is 2.60 bits per heavy atom. The fraction of sp³-hybridized carbons (Fsp3) is 0.167. The van der Waals surface area contributed by atoms with Gasteiger partial charge in [-0.3, -0.25) is 0 Å². The lowest BCUT2D eigenvalue weighted by Gasteiger charge is -2.06. The SMILES string of the molecule is C=COc1cc(CC#N)ccc1CC#N. The standard InChI is InChI=1S/C12H10N2O/c1-2-15-12-9-10(5-7-13)3-4-11(12)6-8-14/h2-4,9H,1,5-6H2. The van der Waals surface area contributed by atoms with Crippen LogP contribution in [0.5, 0.6) is 5.75 Å². The van der Waals surface area contributed by atoms with Crippen molar-refractivity contribution in [3.8, 4) is 17.9 Å². The van der Waals surface area contributed by atoms with Gasteiger partial charge in [0.25, 0.3) is 0 Å². The smallest absolute Gasteiger partial charge is 0.131 e. The van der Waals surface area contributed by atoms with Crippen molar-refractivity contribution in [3.05, 3.63) is 42.2 Å². The van der Waals surface area contributed by atoms with E-state index in [0.29, 0.717) is 12.2 Å². The molecule has 0 saturated carbocycles. The molecule has 0 aliphatic rings. The molecule has 74 valence electrons. The average Bonchev–Trinajstić information content (AvgIpc) is 2.23. The van der Waals surface area contributed by atoms with E-state index in [1.165, 1.54) is 6.26 Å². The maximum absolute atomic E-state index is 8.60. The molecule has 15 heavy (non-hydrogen) atoms. The summed E-state index contributed by atoms with van der Waals surface area (Å²) in [6.07, 6.45) is 1.93. The van der Waals surface area contributed by atoms with Crippen LogP contribution in [0.2, 0.25) is 0 Å². The average molecular weight is 198 g/mol. The Bertz CT molecular complexity index is 438. The summed E-state index contributed by atoms with van der Waals surface area (Å²) >= 11 is 0. The van der Waals surface area contributed by atoms with Crippen molar-refractivity contribution in [2.45, 2.75) is 12.8 Å². The summed E-state index contributed by atoms with van der Waals surface area (Å²) < 4.78 is 5.18. The van der Waals surface area contributed by atoms with Crippen molar-refractivity contribution in [1.29, 1.82) is 10.5 Å². The van der Waals surface area contributed by atoms with Gasteiger partial charge in [0.05, 0.1) is 31.2 Å². The Hall–Kier alpha value is -2.26. The predicted molar refractivity (Wildman–Crippen MR) is 55.9 cm³/mol. The van der Waals surface area contributed by atoms with Crippen LogP contribution in [-0.2, 0) is 12.8 Å². The quantitative estimate of drug-likeness (QED) is 0.697. The Labute approximate surface area is 88.8 Å². The summed E-state index contributed by atoms with van der Waals surface area (Å²) in [6.45, 7) is 3.46. The van der Waals surface area contributed by atoms with Gasteiger partial charge in [-0.05, 0) is 11.6 Å². The molecule has 0 bridgehead atoms. The van der Waals surface area contributed by atoms with Crippen LogP contribution in [0, 0.1) is 22.7 Å². The van der Waals surface area contributed by atoms with Crippen LogP contribution in [0.4, 0.5) is 0 Å². The molecule has 3 nitrogen and oxygen atoms in total. The lowest BCUT2D eigenvalue weighted by molar-refractivity contribution is 0.478. The van der Waals surface area contributed by atoms with E-state index >= 15 is 0 Å². The van der Waals surface area contributed by atoms with E-state index in [1.54, 1.807) is 12.1 Å². The molecule has 0 fully saturated rings. The Morgan fingerprint density at radius 2 is 2.00 bits per heavy atom. The maximum atomic E-state index is 8.60. The summed E-state index contributed by atoms with van der Waals surface area (Å²) in [5.41, 5.74) is 1.68. The van der Waals surface area contributed by atoms with Crippen LogP contribution < -0.4 is 4.74 Å². The molecule has 1 aromatic carbocycles. The zero-order valence-corrected chi connectivity index (χ0v) is 8.23. The van der Waals surface area contributed by atoms with Gasteiger partial charge in [-0.25, -0.2) is 0 Å². The van der Waals surface area contributed by atoms with E-state index in [9.17, 15) is 0 Å². The highest BCUT2D eigenvalue weighted by Gasteiger charge is 2.04. The fourth-order valence-electron chi connectivity index (χ4n) is 1.23. The molecule has 1 rings (SSSR count). The third kappa shape index (κ3) is 2.86. The Balaban J connectivity index is 3.04. The summed E-state index contributed by atoms with van der Waals surface area (Å²) in [5.74, 6) is 0.597. The number of nitriles is 2.